The van der Waals surface area contributed by atoms with Gasteiger partial charge in [-0.3, -0.25) is 4.79 Å². The Balaban J connectivity index is 1.66. The van der Waals surface area contributed by atoms with Crippen LogP contribution in [0.5, 0.6) is 5.88 Å². The number of amides is 1. The molecule has 1 fully saturated rings. The minimum Gasteiger partial charge on any atom is -0.473 e. The Kier molecular flexibility index (Phi) is 5.17. The first kappa shape index (κ1) is 17.6. The van der Waals surface area contributed by atoms with Gasteiger partial charge in [0.25, 0.3) is 5.91 Å². The summed E-state index contributed by atoms with van der Waals surface area (Å²) in [4.78, 5) is 16.4. The molecule has 1 aromatic heterocycles. The van der Waals surface area contributed by atoms with Crippen molar-refractivity contribution in [3.8, 4) is 5.88 Å². The average Bonchev–Trinajstić information content (AvgIpc) is 3.08. The minimum atomic E-state index is -4.40. The van der Waals surface area contributed by atoms with Crippen molar-refractivity contribution >= 4 is 23.4 Å². The third kappa shape index (κ3) is 4.66. The van der Waals surface area contributed by atoms with Crippen molar-refractivity contribution in [2.24, 2.45) is 0 Å². The van der Waals surface area contributed by atoms with Gasteiger partial charge in [0.05, 0.1) is 5.56 Å². The Morgan fingerprint density at radius 2 is 2.00 bits per heavy atom. The number of nitrogens with one attached hydrogen (secondary N) is 1. The van der Waals surface area contributed by atoms with E-state index in [4.69, 9.17) is 4.74 Å². The number of pyridine rings is 1. The summed E-state index contributed by atoms with van der Waals surface area (Å²) in [5.74, 6) is 1.86. The van der Waals surface area contributed by atoms with Gasteiger partial charge in [-0.1, -0.05) is 0 Å². The molecule has 1 amide bonds. The van der Waals surface area contributed by atoms with Crippen molar-refractivity contribution in [3.63, 3.8) is 0 Å². The number of rotatable bonds is 4. The van der Waals surface area contributed by atoms with Gasteiger partial charge in [-0.05, 0) is 42.5 Å². The molecule has 4 nitrogen and oxygen atoms in total. The van der Waals surface area contributed by atoms with Gasteiger partial charge in [-0.2, -0.15) is 24.9 Å². The lowest BCUT2D eigenvalue weighted by Gasteiger charge is -2.12. The quantitative estimate of drug-likeness (QED) is 0.877. The average molecular weight is 368 g/mol. The molecular weight excluding hydrogens is 353 g/mol. The third-order valence-electron chi connectivity index (χ3n) is 3.64. The zero-order valence-corrected chi connectivity index (χ0v) is 13.9. The van der Waals surface area contributed by atoms with E-state index < -0.39 is 17.6 Å². The Labute approximate surface area is 146 Å². The van der Waals surface area contributed by atoms with Gasteiger partial charge < -0.3 is 10.1 Å². The van der Waals surface area contributed by atoms with Crippen molar-refractivity contribution in [2.75, 3.05) is 16.8 Å². The number of carbonyl (C=O) groups is 1. The van der Waals surface area contributed by atoms with E-state index in [0.717, 1.165) is 30.1 Å². The predicted octanol–water partition coefficient (Wildman–Crippen LogP) is 4.24. The molecule has 2 aromatic rings. The Hall–Kier alpha value is -2.22. The highest BCUT2D eigenvalue weighted by atomic mass is 32.2. The molecule has 1 aliphatic heterocycles. The van der Waals surface area contributed by atoms with E-state index in [2.05, 4.69) is 10.3 Å². The molecule has 3 rings (SSSR count). The molecule has 132 valence electrons. The van der Waals surface area contributed by atoms with Crippen LogP contribution in [-0.4, -0.2) is 28.5 Å². The summed E-state index contributed by atoms with van der Waals surface area (Å²) in [6.45, 7) is 0. The lowest BCUT2D eigenvalue weighted by atomic mass is 10.2. The summed E-state index contributed by atoms with van der Waals surface area (Å²) in [6.07, 6.45) is -1.91. The van der Waals surface area contributed by atoms with E-state index in [0.29, 0.717) is 11.4 Å². The fraction of sp³-hybridized carbons (Fsp3) is 0.294. The first-order valence-corrected chi connectivity index (χ1v) is 8.76. The molecule has 0 bridgehead atoms. The second-order valence-corrected chi connectivity index (χ2v) is 6.67. The number of halogens is 3. The van der Waals surface area contributed by atoms with Crippen molar-refractivity contribution in [2.45, 2.75) is 18.7 Å². The van der Waals surface area contributed by atoms with Crippen LogP contribution in [0.25, 0.3) is 0 Å². The van der Waals surface area contributed by atoms with E-state index >= 15 is 0 Å². The van der Waals surface area contributed by atoms with E-state index in [1.54, 1.807) is 11.8 Å². The molecule has 0 spiro atoms. The number of anilines is 1. The molecule has 1 N–H and O–H groups in total. The smallest absolute Gasteiger partial charge is 0.416 e. The van der Waals surface area contributed by atoms with Crippen LogP contribution >= 0.6 is 11.8 Å². The Morgan fingerprint density at radius 3 is 2.64 bits per heavy atom. The summed E-state index contributed by atoms with van der Waals surface area (Å²) in [5, 5.41) is 2.56. The molecule has 0 aliphatic carbocycles. The summed E-state index contributed by atoms with van der Waals surface area (Å²) in [5.41, 5.74) is -0.153. The lowest BCUT2D eigenvalue weighted by molar-refractivity contribution is -0.137. The third-order valence-corrected chi connectivity index (χ3v) is 4.77. The van der Waals surface area contributed by atoms with Crippen LogP contribution in [0.4, 0.5) is 18.9 Å². The summed E-state index contributed by atoms with van der Waals surface area (Å²) in [6, 6.07) is 7.34. The van der Waals surface area contributed by atoms with Gasteiger partial charge in [0, 0.05) is 29.3 Å². The number of alkyl halides is 3. The van der Waals surface area contributed by atoms with E-state index in [1.165, 1.54) is 30.5 Å². The monoisotopic (exact) mass is 368 g/mol. The topological polar surface area (TPSA) is 51.2 Å². The zero-order valence-electron chi connectivity index (χ0n) is 13.0. The van der Waals surface area contributed by atoms with Crippen molar-refractivity contribution < 1.29 is 22.7 Å². The van der Waals surface area contributed by atoms with Crippen molar-refractivity contribution in [1.29, 1.82) is 0 Å². The number of thioether (sulfide) groups is 1. The van der Waals surface area contributed by atoms with Gasteiger partial charge >= 0.3 is 6.18 Å². The van der Waals surface area contributed by atoms with Crippen LogP contribution in [0.1, 0.15) is 22.3 Å². The number of hydrogen-bond acceptors (Lipinski definition) is 4. The molecule has 1 aromatic carbocycles. The van der Waals surface area contributed by atoms with Crippen LogP contribution in [0, 0.1) is 0 Å². The second kappa shape index (κ2) is 7.35. The van der Waals surface area contributed by atoms with Gasteiger partial charge in [0.1, 0.15) is 6.10 Å². The van der Waals surface area contributed by atoms with Gasteiger partial charge in [-0.25, -0.2) is 4.98 Å². The first-order chi connectivity index (χ1) is 11.9. The first-order valence-electron chi connectivity index (χ1n) is 7.61. The Bertz CT molecular complexity index is 744. The lowest BCUT2D eigenvalue weighted by Crippen LogP contribution is -2.17. The van der Waals surface area contributed by atoms with E-state index in [-0.39, 0.29) is 11.8 Å². The SMILES string of the molecule is O=C(Nc1ccc(C(F)(F)F)cc1)c1ccnc(O[C@H]2CCSC2)c1. The maximum atomic E-state index is 12.5. The number of nitrogens with zero attached hydrogens (tertiary/aromatic N) is 1. The van der Waals surface area contributed by atoms with Gasteiger partial charge in [-0.15, -0.1) is 0 Å². The van der Waals surface area contributed by atoms with Gasteiger partial charge in [0.15, 0.2) is 0 Å². The van der Waals surface area contributed by atoms with Crippen LogP contribution in [0.3, 0.4) is 0 Å². The van der Waals surface area contributed by atoms with Crippen molar-refractivity contribution in [3.05, 3.63) is 53.7 Å². The number of carbonyl (C=O) groups excluding carboxylic acids is 1. The van der Waals surface area contributed by atoms with Crippen LogP contribution < -0.4 is 10.1 Å². The fourth-order valence-corrected chi connectivity index (χ4v) is 3.43. The molecule has 0 radical (unpaired) electrons. The summed E-state index contributed by atoms with van der Waals surface area (Å²) in [7, 11) is 0. The molecule has 1 aliphatic rings. The van der Waals surface area contributed by atoms with Crippen molar-refractivity contribution in [1.82, 2.24) is 4.98 Å². The summed E-state index contributed by atoms with van der Waals surface area (Å²) >= 11 is 1.80. The minimum absolute atomic E-state index is 0.0886. The van der Waals surface area contributed by atoms with Crippen LogP contribution in [-0.2, 0) is 6.18 Å². The second-order valence-electron chi connectivity index (χ2n) is 5.52. The highest BCUT2D eigenvalue weighted by Crippen LogP contribution is 2.30. The molecule has 25 heavy (non-hydrogen) atoms. The number of benzene rings is 1. The predicted molar refractivity (Wildman–Crippen MR) is 90.0 cm³/mol. The normalized spacial score (nSPS) is 17.3. The molecule has 0 unspecified atom stereocenters. The van der Waals surface area contributed by atoms with Crippen LogP contribution in [0.2, 0.25) is 0 Å². The number of ether oxygens (including phenoxy) is 1. The number of aromatic nitrogens is 1. The summed E-state index contributed by atoms with van der Waals surface area (Å²) < 4.78 is 43.4. The van der Waals surface area contributed by atoms with E-state index in [9.17, 15) is 18.0 Å². The number of hydrogen-bond donors (Lipinski definition) is 1. The van der Waals surface area contributed by atoms with Crippen LogP contribution in [0.15, 0.2) is 42.6 Å². The Morgan fingerprint density at radius 1 is 1.24 bits per heavy atom. The fourth-order valence-electron chi connectivity index (χ4n) is 2.34. The molecule has 0 saturated carbocycles. The largest absolute Gasteiger partial charge is 0.473 e. The molecule has 1 atom stereocenters. The highest BCUT2D eigenvalue weighted by Gasteiger charge is 2.30. The molecule has 8 heteroatoms. The highest BCUT2D eigenvalue weighted by molar-refractivity contribution is 7.99. The van der Waals surface area contributed by atoms with Gasteiger partial charge in [0.2, 0.25) is 5.88 Å². The van der Waals surface area contributed by atoms with E-state index in [1.807, 2.05) is 0 Å². The molecular formula is C17H15F3N2O2S. The molecule has 1 saturated heterocycles. The maximum Gasteiger partial charge on any atom is 0.416 e. The standard InChI is InChI=1S/C17H15F3N2O2S/c18-17(19,20)12-1-3-13(4-2-12)22-16(23)11-5-7-21-15(9-11)24-14-6-8-25-10-14/h1-5,7,9,14H,6,8,10H2,(H,22,23)/t14-/m0/s1. The molecule has 2 heterocycles. The maximum absolute atomic E-state index is 12.5. The zero-order chi connectivity index (χ0) is 17.9.